The van der Waals surface area contributed by atoms with E-state index in [-0.39, 0.29) is 17.9 Å². The first-order valence-corrected chi connectivity index (χ1v) is 8.61. The van der Waals surface area contributed by atoms with Gasteiger partial charge < -0.3 is 16.0 Å². The quantitative estimate of drug-likeness (QED) is 0.778. The van der Waals surface area contributed by atoms with Gasteiger partial charge in [-0.05, 0) is 31.9 Å². The second-order valence-electron chi connectivity index (χ2n) is 5.48. The Morgan fingerprint density at radius 1 is 1.32 bits per heavy atom. The van der Waals surface area contributed by atoms with E-state index in [0.717, 1.165) is 30.8 Å². The summed E-state index contributed by atoms with van der Waals surface area (Å²) in [5.41, 5.74) is 6.13. The molecule has 5 nitrogen and oxygen atoms in total. The number of nitrogens with zero attached hydrogens (tertiary/aromatic N) is 1. The van der Waals surface area contributed by atoms with Gasteiger partial charge in [0.05, 0.1) is 11.3 Å². The van der Waals surface area contributed by atoms with Gasteiger partial charge in [-0.1, -0.05) is 12.1 Å². The lowest BCUT2D eigenvalue weighted by molar-refractivity contribution is -0.127. The number of hydrogen-bond donors (Lipinski definition) is 2. The molecule has 6 heteroatoms. The first-order chi connectivity index (χ1) is 10.6. The average molecular weight is 321 g/mol. The average Bonchev–Trinajstić information content (AvgIpc) is 3.07. The van der Waals surface area contributed by atoms with Crippen LogP contribution in [0.3, 0.4) is 0 Å². The van der Waals surface area contributed by atoms with Crippen LogP contribution in [0.15, 0.2) is 29.2 Å². The largest absolute Gasteiger partial charge is 0.348 e. The standard InChI is InChI=1S/C16H23N3O2S/c1-12(10-17)18-16(21)13-6-2-3-7-14(13)22-11-15(20)19-8-4-5-9-19/h2-3,6-7,12H,4-5,8-11,17H2,1H3,(H,18,21)/t12-/m0/s1. The van der Waals surface area contributed by atoms with E-state index in [1.807, 2.05) is 30.0 Å². The van der Waals surface area contributed by atoms with E-state index in [4.69, 9.17) is 5.73 Å². The Bertz CT molecular complexity index is 530. The zero-order valence-corrected chi connectivity index (χ0v) is 13.7. The van der Waals surface area contributed by atoms with Gasteiger partial charge in [-0.2, -0.15) is 0 Å². The Hall–Kier alpha value is -1.53. The summed E-state index contributed by atoms with van der Waals surface area (Å²) < 4.78 is 0. The predicted octanol–water partition coefficient (Wildman–Crippen LogP) is 1.48. The van der Waals surface area contributed by atoms with Gasteiger partial charge in [-0.15, -0.1) is 11.8 Å². The summed E-state index contributed by atoms with van der Waals surface area (Å²) in [6.07, 6.45) is 2.18. The lowest BCUT2D eigenvalue weighted by Crippen LogP contribution is -2.38. The van der Waals surface area contributed by atoms with Gasteiger partial charge in [0.25, 0.3) is 5.91 Å². The molecule has 1 heterocycles. The number of rotatable bonds is 6. The Kier molecular flexibility index (Phi) is 6.27. The van der Waals surface area contributed by atoms with Crippen molar-refractivity contribution in [2.24, 2.45) is 5.73 Å². The molecule has 0 aliphatic carbocycles. The van der Waals surface area contributed by atoms with Crippen LogP contribution >= 0.6 is 11.8 Å². The third-order valence-electron chi connectivity index (χ3n) is 3.67. The molecule has 120 valence electrons. The molecule has 1 aromatic carbocycles. The Morgan fingerprint density at radius 2 is 2.00 bits per heavy atom. The maximum absolute atomic E-state index is 12.3. The topological polar surface area (TPSA) is 75.4 Å². The van der Waals surface area contributed by atoms with E-state index in [2.05, 4.69) is 5.32 Å². The number of hydrogen-bond acceptors (Lipinski definition) is 4. The summed E-state index contributed by atoms with van der Waals surface area (Å²) >= 11 is 1.42. The molecule has 0 spiro atoms. The van der Waals surface area contributed by atoms with Crippen LogP contribution in [0.1, 0.15) is 30.1 Å². The lowest BCUT2D eigenvalue weighted by atomic mass is 10.2. The van der Waals surface area contributed by atoms with Crippen LogP contribution in [-0.2, 0) is 4.79 Å². The van der Waals surface area contributed by atoms with Gasteiger partial charge in [0.15, 0.2) is 0 Å². The monoisotopic (exact) mass is 321 g/mol. The molecule has 3 N–H and O–H groups in total. The summed E-state index contributed by atoms with van der Waals surface area (Å²) in [5.74, 6) is 0.374. The number of likely N-dealkylation sites (tertiary alicyclic amines) is 1. The van der Waals surface area contributed by atoms with Crippen molar-refractivity contribution in [1.29, 1.82) is 0 Å². The van der Waals surface area contributed by atoms with Gasteiger partial charge in [0.2, 0.25) is 5.91 Å². The van der Waals surface area contributed by atoms with Gasteiger partial charge >= 0.3 is 0 Å². The molecule has 0 saturated carbocycles. The number of carbonyl (C=O) groups is 2. The number of nitrogens with two attached hydrogens (primary N) is 1. The minimum Gasteiger partial charge on any atom is -0.348 e. The molecule has 0 aromatic heterocycles. The molecule has 1 fully saturated rings. The summed E-state index contributed by atoms with van der Waals surface area (Å²) in [5, 5.41) is 2.86. The molecule has 1 aromatic rings. The van der Waals surface area contributed by atoms with Crippen molar-refractivity contribution in [2.75, 3.05) is 25.4 Å². The highest BCUT2D eigenvalue weighted by Crippen LogP contribution is 2.23. The normalized spacial score (nSPS) is 15.6. The molecule has 2 amide bonds. The van der Waals surface area contributed by atoms with Crippen LogP contribution in [0, 0.1) is 0 Å². The van der Waals surface area contributed by atoms with Crippen LogP contribution in [0.2, 0.25) is 0 Å². The fraction of sp³-hybridized carbons (Fsp3) is 0.500. The zero-order chi connectivity index (χ0) is 15.9. The highest BCUT2D eigenvalue weighted by atomic mass is 32.2. The van der Waals surface area contributed by atoms with Crippen molar-refractivity contribution in [3.05, 3.63) is 29.8 Å². The number of carbonyl (C=O) groups excluding carboxylic acids is 2. The Labute approximate surface area is 135 Å². The SMILES string of the molecule is C[C@@H](CN)NC(=O)c1ccccc1SCC(=O)N1CCCC1. The molecule has 0 radical (unpaired) electrons. The Balaban J connectivity index is 1.98. The third-order valence-corrected chi connectivity index (χ3v) is 4.73. The van der Waals surface area contributed by atoms with E-state index >= 15 is 0 Å². The maximum Gasteiger partial charge on any atom is 0.252 e. The van der Waals surface area contributed by atoms with Crippen molar-refractivity contribution in [3.8, 4) is 0 Å². The van der Waals surface area contributed by atoms with Crippen LogP contribution in [0.4, 0.5) is 0 Å². The van der Waals surface area contributed by atoms with Crippen LogP contribution in [0.25, 0.3) is 0 Å². The Morgan fingerprint density at radius 3 is 2.68 bits per heavy atom. The molecule has 22 heavy (non-hydrogen) atoms. The van der Waals surface area contributed by atoms with Crippen LogP contribution < -0.4 is 11.1 Å². The van der Waals surface area contributed by atoms with E-state index < -0.39 is 0 Å². The summed E-state index contributed by atoms with van der Waals surface area (Å²) in [7, 11) is 0. The fourth-order valence-electron chi connectivity index (χ4n) is 2.34. The third kappa shape index (κ3) is 4.48. The van der Waals surface area contributed by atoms with E-state index in [0.29, 0.717) is 17.9 Å². The second kappa shape index (κ2) is 8.19. The molecule has 0 unspecified atom stereocenters. The molecule has 1 aliphatic rings. The smallest absolute Gasteiger partial charge is 0.252 e. The molecule has 0 bridgehead atoms. The minimum atomic E-state index is -0.144. The molecular weight excluding hydrogens is 298 g/mol. The van der Waals surface area contributed by atoms with Gasteiger partial charge in [0, 0.05) is 30.6 Å². The molecule has 1 aliphatic heterocycles. The lowest BCUT2D eigenvalue weighted by Gasteiger charge is -2.16. The number of nitrogens with one attached hydrogen (secondary N) is 1. The predicted molar refractivity (Wildman–Crippen MR) is 89.0 cm³/mol. The van der Waals surface area contributed by atoms with Crippen molar-refractivity contribution in [3.63, 3.8) is 0 Å². The van der Waals surface area contributed by atoms with Crippen molar-refractivity contribution >= 4 is 23.6 Å². The van der Waals surface area contributed by atoms with Gasteiger partial charge in [-0.3, -0.25) is 9.59 Å². The van der Waals surface area contributed by atoms with E-state index in [1.165, 1.54) is 11.8 Å². The summed E-state index contributed by atoms with van der Waals surface area (Å²) in [4.78, 5) is 27.1. The fourth-order valence-corrected chi connectivity index (χ4v) is 3.29. The van der Waals surface area contributed by atoms with Gasteiger partial charge in [-0.25, -0.2) is 0 Å². The molecule has 1 saturated heterocycles. The highest BCUT2D eigenvalue weighted by molar-refractivity contribution is 8.00. The zero-order valence-electron chi connectivity index (χ0n) is 12.9. The molecule has 1 atom stereocenters. The number of benzene rings is 1. The first-order valence-electron chi connectivity index (χ1n) is 7.62. The number of amides is 2. The van der Waals surface area contributed by atoms with E-state index in [9.17, 15) is 9.59 Å². The molecule has 2 rings (SSSR count). The number of thioether (sulfide) groups is 1. The van der Waals surface area contributed by atoms with Crippen LogP contribution in [0.5, 0.6) is 0 Å². The summed E-state index contributed by atoms with van der Waals surface area (Å²) in [6, 6.07) is 7.29. The first kappa shape index (κ1) is 16.8. The second-order valence-corrected chi connectivity index (χ2v) is 6.50. The minimum absolute atomic E-state index is 0.0724. The van der Waals surface area contributed by atoms with Crippen molar-refractivity contribution in [2.45, 2.75) is 30.7 Å². The van der Waals surface area contributed by atoms with Crippen molar-refractivity contribution < 1.29 is 9.59 Å². The van der Waals surface area contributed by atoms with Crippen LogP contribution in [-0.4, -0.2) is 48.1 Å². The van der Waals surface area contributed by atoms with Crippen molar-refractivity contribution in [1.82, 2.24) is 10.2 Å². The van der Waals surface area contributed by atoms with E-state index in [1.54, 1.807) is 6.07 Å². The highest BCUT2D eigenvalue weighted by Gasteiger charge is 2.19. The maximum atomic E-state index is 12.3. The summed E-state index contributed by atoms with van der Waals surface area (Å²) in [6.45, 7) is 3.98. The van der Waals surface area contributed by atoms with Gasteiger partial charge in [0.1, 0.15) is 0 Å². The molecular formula is C16H23N3O2S.